The van der Waals surface area contributed by atoms with Crippen LogP contribution in [0.3, 0.4) is 0 Å². The maximum Gasteiger partial charge on any atom is 0.352 e. The van der Waals surface area contributed by atoms with E-state index in [0.717, 1.165) is 85.2 Å². The number of carbonyl (C=O) groups is 2. The Hall–Kier alpha value is -4.22. The molecule has 1 fully saturated rings. The first kappa shape index (κ1) is 31.2. The molecule has 11 nitrogen and oxygen atoms in total. The molecule has 2 aromatic carbocycles. The third-order valence-corrected chi connectivity index (χ3v) is 8.11. The van der Waals surface area contributed by atoms with Crippen molar-refractivity contribution >= 4 is 39.6 Å². The number of anilines is 1. The molecule has 234 valence electrons. The van der Waals surface area contributed by atoms with Crippen LogP contribution in [0.4, 0.5) is 5.82 Å². The minimum atomic E-state index is -0.523. The van der Waals surface area contributed by atoms with Gasteiger partial charge >= 0.3 is 5.97 Å². The van der Waals surface area contributed by atoms with Gasteiger partial charge in [0, 0.05) is 64.5 Å². The Morgan fingerprint density at radius 3 is 2.48 bits per heavy atom. The molecule has 1 aliphatic rings. The third-order valence-electron chi connectivity index (χ3n) is 8.11. The minimum absolute atomic E-state index is 0.107. The van der Waals surface area contributed by atoms with Gasteiger partial charge in [-0.05, 0) is 43.7 Å². The first-order valence-electron chi connectivity index (χ1n) is 15.5. The predicted octanol–water partition coefficient (Wildman–Crippen LogP) is 4.03. The van der Waals surface area contributed by atoms with Crippen LogP contribution >= 0.6 is 0 Å². The molecule has 0 unspecified atom stereocenters. The second kappa shape index (κ2) is 14.5. The van der Waals surface area contributed by atoms with Crippen LogP contribution in [0.15, 0.2) is 48.5 Å². The van der Waals surface area contributed by atoms with Crippen molar-refractivity contribution in [2.24, 2.45) is 0 Å². The van der Waals surface area contributed by atoms with Crippen molar-refractivity contribution < 1.29 is 19.4 Å². The lowest BCUT2D eigenvalue weighted by Crippen LogP contribution is -2.49. The van der Waals surface area contributed by atoms with Crippen molar-refractivity contribution in [1.29, 1.82) is 0 Å². The Morgan fingerprint density at radius 2 is 1.75 bits per heavy atom. The van der Waals surface area contributed by atoms with Crippen molar-refractivity contribution in [3.8, 4) is 5.75 Å². The van der Waals surface area contributed by atoms with Crippen LogP contribution in [0.1, 0.15) is 44.5 Å². The quantitative estimate of drug-likeness (QED) is 0.179. The van der Waals surface area contributed by atoms with E-state index >= 15 is 0 Å². The molecule has 1 aliphatic heterocycles. The number of carbonyl (C=O) groups excluding carboxylic acids is 2. The Morgan fingerprint density at radius 1 is 1.00 bits per heavy atom. The summed E-state index contributed by atoms with van der Waals surface area (Å²) in [5, 5.41) is 1.03. The summed E-state index contributed by atoms with van der Waals surface area (Å²) in [6.07, 6.45) is 3.70. The molecule has 0 spiro atoms. The second-order valence-electron chi connectivity index (χ2n) is 11.5. The van der Waals surface area contributed by atoms with Crippen molar-refractivity contribution in [3.63, 3.8) is 0 Å². The van der Waals surface area contributed by atoms with E-state index in [1.54, 1.807) is 12.1 Å². The van der Waals surface area contributed by atoms with Crippen LogP contribution in [0.2, 0.25) is 0 Å². The normalized spacial score (nSPS) is 14.2. The summed E-state index contributed by atoms with van der Waals surface area (Å²) in [5.41, 5.74) is 9.97. The Kier molecular flexibility index (Phi) is 10.3. The molecule has 2 aromatic heterocycles. The summed E-state index contributed by atoms with van der Waals surface area (Å²) in [4.78, 5) is 50.5. The van der Waals surface area contributed by atoms with E-state index in [0.29, 0.717) is 37.7 Å². The van der Waals surface area contributed by atoms with Crippen LogP contribution in [-0.2, 0) is 34.0 Å². The molecule has 11 heteroatoms. The van der Waals surface area contributed by atoms with E-state index in [-0.39, 0.29) is 5.91 Å². The van der Waals surface area contributed by atoms with Crippen molar-refractivity contribution in [3.05, 3.63) is 59.9 Å². The predicted molar refractivity (Wildman–Crippen MR) is 171 cm³/mol. The van der Waals surface area contributed by atoms with Crippen molar-refractivity contribution in [2.45, 2.75) is 52.6 Å². The monoisotopic (exact) mass is 601 g/mol. The number of hydrogen-bond donors (Lipinski definition) is 1. The standard InChI is InChI=1S/C33H43N7O4/c1-4-5-11-29-36-31-32(27-9-6-7-10-28(27)35-33(31)34)40(29)17-8-16-39(30(42)23-38-20-18-37(3)19-21-38)22-25-12-14-26(15-13-25)44-43-24(2)41/h6-7,9-10,12-15H,4-5,8,11,16-23H2,1-3H3,(H2,34,35). The molecule has 4 aromatic rings. The number of piperazine rings is 1. The molecule has 1 saturated heterocycles. The van der Waals surface area contributed by atoms with Crippen LogP contribution < -0.4 is 10.6 Å². The minimum Gasteiger partial charge on any atom is -0.382 e. The highest BCUT2D eigenvalue weighted by Gasteiger charge is 2.22. The van der Waals surface area contributed by atoms with Gasteiger partial charge in [0.15, 0.2) is 11.6 Å². The lowest BCUT2D eigenvalue weighted by atomic mass is 10.1. The van der Waals surface area contributed by atoms with Crippen molar-refractivity contribution in [1.82, 2.24) is 29.2 Å². The van der Waals surface area contributed by atoms with Crippen molar-refractivity contribution in [2.75, 3.05) is 52.0 Å². The summed E-state index contributed by atoms with van der Waals surface area (Å²) >= 11 is 0. The molecule has 0 aliphatic carbocycles. The highest BCUT2D eigenvalue weighted by Crippen LogP contribution is 2.29. The summed E-state index contributed by atoms with van der Waals surface area (Å²) in [6, 6.07) is 15.3. The topological polar surface area (TPSA) is 119 Å². The zero-order chi connectivity index (χ0) is 31.1. The first-order chi connectivity index (χ1) is 21.3. The lowest BCUT2D eigenvalue weighted by molar-refractivity contribution is -0.210. The van der Waals surface area contributed by atoms with Crippen LogP contribution in [0.25, 0.3) is 21.9 Å². The SMILES string of the molecule is CCCCc1nc2c(N)nc3ccccc3c2n1CCCN(Cc1ccc(OOC(C)=O)cc1)C(=O)CN1CCN(C)CC1. The number of hydrogen-bond acceptors (Lipinski definition) is 9. The maximum absolute atomic E-state index is 13.7. The number of benzene rings is 2. The number of rotatable bonds is 13. The Bertz CT molecular complexity index is 1580. The smallest absolute Gasteiger partial charge is 0.352 e. The molecule has 0 radical (unpaired) electrons. The molecule has 0 atom stereocenters. The maximum atomic E-state index is 13.7. The molecule has 1 amide bonds. The number of nitrogens with zero attached hydrogens (tertiary/aromatic N) is 6. The lowest BCUT2D eigenvalue weighted by Gasteiger charge is -2.33. The number of aryl methyl sites for hydroxylation is 2. The van der Waals surface area contributed by atoms with E-state index in [2.05, 4.69) is 44.3 Å². The van der Waals surface area contributed by atoms with Gasteiger partial charge in [-0.3, -0.25) is 19.5 Å². The zero-order valence-corrected chi connectivity index (χ0v) is 26.0. The molecule has 3 heterocycles. The molecule has 0 bridgehead atoms. The fraction of sp³-hybridized carbons (Fsp3) is 0.455. The molecule has 0 saturated carbocycles. The molecular weight excluding hydrogens is 558 g/mol. The first-order valence-corrected chi connectivity index (χ1v) is 15.5. The number of nitrogen functional groups attached to an aromatic ring is 1. The summed E-state index contributed by atoms with van der Waals surface area (Å²) in [6.45, 7) is 9.28. The molecule has 5 rings (SSSR count). The number of para-hydroxylation sites is 1. The summed E-state index contributed by atoms with van der Waals surface area (Å²) < 4.78 is 2.29. The number of aromatic nitrogens is 3. The van der Waals surface area contributed by atoms with Gasteiger partial charge in [-0.15, -0.1) is 0 Å². The van der Waals surface area contributed by atoms with E-state index in [9.17, 15) is 9.59 Å². The van der Waals surface area contributed by atoms with Gasteiger partial charge in [0.2, 0.25) is 5.91 Å². The third kappa shape index (κ3) is 7.64. The molecular formula is C33H43N7O4. The number of fused-ring (bicyclic) bond motifs is 3. The van der Waals surface area contributed by atoms with Gasteiger partial charge in [0.05, 0.1) is 17.6 Å². The fourth-order valence-corrected chi connectivity index (χ4v) is 5.66. The van der Waals surface area contributed by atoms with Crippen LogP contribution in [-0.4, -0.2) is 87.4 Å². The van der Waals surface area contributed by atoms with Gasteiger partial charge in [0.25, 0.3) is 0 Å². The number of imidazole rings is 1. The fourth-order valence-electron chi connectivity index (χ4n) is 5.66. The number of pyridine rings is 1. The average molecular weight is 602 g/mol. The van der Waals surface area contributed by atoms with E-state index in [4.69, 9.17) is 15.6 Å². The number of unbranched alkanes of at least 4 members (excludes halogenated alkanes) is 1. The zero-order valence-electron chi connectivity index (χ0n) is 26.0. The number of nitrogens with two attached hydrogens (primary N) is 1. The van der Waals surface area contributed by atoms with Gasteiger partial charge < -0.3 is 20.1 Å². The Labute approximate surface area is 258 Å². The summed E-state index contributed by atoms with van der Waals surface area (Å²) in [7, 11) is 2.11. The Balaban J connectivity index is 1.36. The van der Waals surface area contributed by atoms with E-state index < -0.39 is 5.97 Å². The second-order valence-corrected chi connectivity index (χ2v) is 11.5. The summed E-state index contributed by atoms with van der Waals surface area (Å²) in [5.74, 6) is 1.46. The van der Waals surface area contributed by atoms with E-state index in [1.807, 2.05) is 35.2 Å². The van der Waals surface area contributed by atoms with Crippen LogP contribution in [0.5, 0.6) is 5.75 Å². The van der Waals surface area contributed by atoms with Gasteiger partial charge in [-0.1, -0.05) is 43.7 Å². The highest BCUT2D eigenvalue weighted by molar-refractivity contribution is 6.06. The van der Waals surface area contributed by atoms with Gasteiger partial charge in [-0.25, -0.2) is 14.8 Å². The van der Waals surface area contributed by atoms with Crippen LogP contribution in [0, 0.1) is 0 Å². The van der Waals surface area contributed by atoms with Gasteiger partial charge in [-0.2, -0.15) is 0 Å². The van der Waals surface area contributed by atoms with E-state index in [1.165, 1.54) is 6.92 Å². The molecule has 44 heavy (non-hydrogen) atoms. The molecule has 2 N–H and O–H groups in total. The largest absolute Gasteiger partial charge is 0.382 e. The number of amides is 1. The number of likely N-dealkylation sites (N-methyl/N-ethyl adjacent to an activating group) is 1. The van der Waals surface area contributed by atoms with Gasteiger partial charge in [0.1, 0.15) is 11.3 Å². The average Bonchev–Trinajstić information content (AvgIpc) is 3.39. The highest BCUT2D eigenvalue weighted by atomic mass is 17.2.